The third-order valence-corrected chi connectivity index (χ3v) is 3.32. The summed E-state index contributed by atoms with van der Waals surface area (Å²) in [5.41, 5.74) is 8.23. The van der Waals surface area contributed by atoms with Crippen LogP contribution in [0.5, 0.6) is 5.75 Å². The molecule has 19 heavy (non-hydrogen) atoms. The molecule has 2 N–H and O–H groups in total. The zero-order valence-corrected chi connectivity index (χ0v) is 11.7. The molecule has 0 fully saturated rings. The molecular formula is C16H18ClNO. The number of ether oxygens (including phenoxy) is 1. The lowest BCUT2D eigenvalue weighted by molar-refractivity contribution is 0.300. The van der Waals surface area contributed by atoms with Gasteiger partial charge < -0.3 is 10.5 Å². The van der Waals surface area contributed by atoms with Crippen molar-refractivity contribution < 1.29 is 4.74 Å². The maximum absolute atomic E-state index is 6.09. The molecule has 0 saturated carbocycles. The fourth-order valence-electron chi connectivity index (χ4n) is 1.88. The molecule has 0 aliphatic rings. The first-order valence-corrected chi connectivity index (χ1v) is 6.80. The van der Waals surface area contributed by atoms with Gasteiger partial charge in [-0.05, 0) is 30.2 Å². The molecular weight excluding hydrogens is 258 g/mol. The number of benzene rings is 2. The first-order chi connectivity index (χ1) is 9.20. The van der Waals surface area contributed by atoms with Crippen molar-refractivity contribution in [3.63, 3.8) is 0 Å². The molecule has 0 heterocycles. The number of hydrogen-bond donors (Lipinski definition) is 1. The topological polar surface area (TPSA) is 35.2 Å². The van der Waals surface area contributed by atoms with Gasteiger partial charge in [-0.25, -0.2) is 0 Å². The average Bonchev–Trinajstić information content (AvgIpc) is 2.46. The minimum Gasteiger partial charge on any atom is -0.489 e. The SMILES string of the molecule is CC[C@H](N)c1ccccc1OCc1ccc(Cl)cc1. The highest BCUT2D eigenvalue weighted by Gasteiger charge is 2.09. The van der Waals surface area contributed by atoms with Crippen molar-refractivity contribution in [2.45, 2.75) is 26.0 Å². The van der Waals surface area contributed by atoms with E-state index >= 15 is 0 Å². The van der Waals surface area contributed by atoms with E-state index in [1.807, 2.05) is 48.5 Å². The molecule has 2 rings (SSSR count). The van der Waals surface area contributed by atoms with E-state index in [9.17, 15) is 0 Å². The molecule has 2 nitrogen and oxygen atoms in total. The van der Waals surface area contributed by atoms with E-state index in [1.54, 1.807) is 0 Å². The van der Waals surface area contributed by atoms with Gasteiger partial charge in [0.2, 0.25) is 0 Å². The van der Waals surface area contributed by atoms with Gasteiger partial charge in [-0.2, -0.15) is 0 Å². The van der Waals surface area contributed by atoms with Crippen molar-refractivity contribution in [1.29, 1.82) is 0 Å². The van der Waals surface area contributed by atoms with E-state index < -0.39 is 0 Å². The van der Waals surface area contributed by atoms with Crippen molar-refractivity contribution in [3.8, 4) is 5.75 Å². The van der Waals surface area contributed by atoms with E-state index in [0.29, 0.717) is 6.61 Å². The Morgan fingerprint density at radius 1 is 1.11 bits per heavy atom. The van der Waals surface area contributed by atoms with Crippen molar-refractivity contribution in [3.05, 3.63) is 64.7 Å². The van der Waals surface area contributed by atoms with E-state index in [-0.39, 0.29) is 6.04 Å². The molecule has 0 spiro atoms. The Bertz CT molecular complexity index is 525. The highest BCUT2D eigenvalue weighted by molar-refractivity contribution is 6.30. The van der Waals surface area contributed by atoms with Crippen LogP contribution in [0.4, 0.5) is 0 Å². The quantitative estimate of drug-likeness (QED) is 0.881. The van der Waals surface area contributed by atoms with Gasteiger partial charge in [-0.15, -0.1) is 0 Å². The molecule has 3 heteroatoms. The van der Waals surface area contributed by atoms with Crippen LogP contribution in [-0.4, -0.2) is 0 Å². The molecule has 0 aromatic heterocycles. The second-order valence-corrected chi connectivity index (χ2v) is 4.90. The molecule has 2 aromatic rings. The molecule has 0 aliphatic carbocycles. The van der Waals surface area contributed by atoms with Crippen LogP contribution in [0, 0.1) is 0 Å². The summed E-state index contributed by atoms with van der Waals surface area (Å²) >= 11 is 5.86. The van der Waals surface area contributed by atoms with E-state index in [1.165, 1.54) is 0 Å². The summed E-state index contributed by atoms with van der Waals surface area (Å²) in [5.74, 6) is 0.854. The second-order valence-electron chi connectivity index (χ2n) is 4.47. The molecule has 100 valence electrons. The summed E-state index contributed by atoms with van der Waals surface area (Å²) in [7, 11) is 0. The predicted octanol–water partition coefficient (Wildman–Crippen LogP) is 4.33. The molecule has 2 aromatic carbocycles. The van der Waals surface area contributed by atoms with Crippen LogP contribution in [-0.2, 0) is 6.61 Å². The Hall–Kier alpha value is -1.51. The molecule has 0 unspecified atom stereocenters. The van der Waals surface area contributed by atoms with E-state index in [4.69, 9.17) is 22.1 Å². The summed E-state index contributed by atoms with van der Waals surface area (Å²) in [4.78, 5) is 0. The normalized spacial score (nSPS) is 12.2. The van der Waals surface area contributed by atoms with Gasteiger partial charge in [0.15, 0.2) is 0 Å². The van der Waals surface area contributed by atoms with Crippen molar-refractivity contribution in [2.24, 2.45) is 5.73 Å². The summed E-state index contributed by atoms with van der Waals surface area (Å²) in [6.45, 7) is 2.59. The first-order valence-electron chi connectivity index (χ1n) is 6.42. The highest BCUT2D eigenvalue weighted by atomic mass is 35.5. The molecule has 1 atom stereocenters. The van der Waals surface area contributed by atoms with Crippen molar-refractivity contribution in [2.75, 3.05) is 0 Å². The maximum Gasteiger partial charge on any atom is 0.124 e. The lowest BCUT2D eigenvalue weighted by Crippen LogP contribution is -2.10. The monoisotopic (exact) mass is 275 g/mol. The predicted molar refractivity (Wildman–Crippen MR) is 79.4 cm³/mol. The fraction of sp³-hybridized carbons (Fsp3) is 0.250. The lowest BCUT2D eigenvalue weighted by Gasteiger charge is -2.15. The van der Waals surface area contributed by atoms with Gasteiger partial charge in [0.1, 0.15) is 12.4 Å². The van der Waals surface area contributed by atoms with Crippen LogP contribution >= 0.6 is 11.6 Å². The van der Waals surface area contributed by atoms with Gasteiger partial charge in [0.25, 0.3) is 0 Å². The van der Waals surface area contributed by atoms with Crippen LogP contribution in [0.15, 0.2) is 48.5 Å². The molecule has 0 bridgehead atoms. The zero-order valence-electron chi connectivity index (χ0n) is 11.0. The largest absolute Gasteiger partial charge is 0.489 e. The zero-order chi connectivity index (χ0) is 13.7. The number of halogens is 1. The number of hydrogen-bond acceptors (Lipinski definition) is 2. The first kappa shape index (κ1) is 13.9. The van der Waals surface area contributed by atoms with Crippen LogP contribution in [0.1, 0.15) is 30.5 Å². The minimum absolute atomic E-state index is 0.0152. The van der Waals surface area contributed by atoms with Crippen molar-refractivity contribution >= 4 is 11.6 Å². The summed E-state index contributed by atoms with van der Waals surface area (Å²) in [6, 6.07) is 15.6. The summed E-state index contributed by atoms with van der Waals surface area (Å²) < 4.78 is 5.86. The number of nitrogens with two attached hydrogens (primary N) is 1. The van der Waals surface area contributed by atoms with Crippen LogP contribution < -0.4 is 10.5 Å². The maximum atomic E-state index is 6.09. The Kier molecular flexibility index (Phi) is 4.83. The van der Waals surface area contributed by atoms with Crippen molar-refractivity contribution in [1.82, 2.24) is 0 Å². The standard InChI is InChI=1S/C16H18ClNO/c1-2-15(18)14-5-3-4-6-16(14)19-11-12-7-9-13(17)10-8-12/h3-10,15H,2,11,18H2,1H3/t15-/m0/s1. The van der Waals surface area contributed by atoms with Crippen LogP contribution in [0.3, 0.4) is 0 Å². The minimum atomic E-state index is 0.0152. The summed E-state index contributed by atoms with van der Waals surface area (Å²) in [6.07, 6.45) is 0.890. The van der Waals surface area contributed by atoms with Gasteiger partial charge in [-0.1, -0.05) is 48.9 Å². The highest BCUT2D eigenvalue weighted by Crippen LogP contribution is 2.26. The third-order valence-electron chi connectivity index (χ3n) is 3.07. The lowest BCUT2D eigenvalue weighted by atomic mass is 10.0. The number of rotatable bonds is 5. The Balaban J connectivity index is 2.09. The van der Waals surface area contributed by atoms with Gasteiger partial charge in [-0.3, -0.25) is 0 Å². The molecule has 0 aliphatic heterocycles. The van der Waals surface area contributed by atoms with Gasteiger partial charge in [0.05, 0.1) is 0 Å². The molecule has 0 amide bonds. The van der Waals surface area contributed by atoms with Crippen LogP contribution in [0.25, 0.3) is 0 Å². The Labute approximate surface area is 119 Å². The average molecular weight is 276 g/mol. The second kappa shape index (κ2) is 6.60. The number of para-hydroxylation sites is 1. The summed E-state index contributed by atoms with van der Waals surface area (Å²) in [5, 5.41) is 0.733. The Morgan fingerprint density at radius 2 is 1.79 bits per heavy atom. The third kappa shape index (κ3) is 3.72. The van der Waals surface area contributed by atoms with E-state index in [0.717, 1.165) is 28.3 Å². The smallest absolute Gasteiger partial charge is 0.124 e. The van der Waals surface area contributed by atoms with Gasteiger partial charge >= 0.3 is 0 Å². The fourth-order valence-corrected chi connectivity index (χ4v) is 2.01. The molecule has 0 saturated heterocycles. The van der Waals surface area contributed by atoms with E-state index in [2.05, 4.69) is 6.92 Å². The van der Waals surface area contributed by atoms with Gasteiger partial charge in [0, 0.05) is 16.6 Å². The van der Waals surface area contributed by atoms with Crippen LogP contribution in [0.2, 0.25) is 5.02 Å². The molecule has 0 radical (unpaired) electrons. The Morgan fingerprint density at radius 3 is 2.47 bits per heavy atom.